The SMILES string of the molecule is CCc1c(C)ccc(Sc2nc3c([nH]2)C(N)=NCN3C)c1C. The van der Waals surface area contributed by atoms with Gasteiger partial charge in [0.1, 0.15) is 18.2 Å². The van der Waals surface area contributed by atoms with E-state index in [9.17, 15) is 0 Å². The number of aryl methyl sites for hydroxylation is 1. The zero-order chi connectivity index (χ0) is 15.9. The van der Waals surface area contributed by atoms with Gasteiger partial charge in [0.05, 0.1) is 0 Å². The van der Waals surface area contributed by atoms with E-state index in [1.807, 2.05) is 11.9 Å². The molecule has 0 aliphatic carbocycles. The normalized spacial score (nSPS) is 14.0. The number of imidazole rings is 1. The Morgan fingerprint density at radius 3 is 2.82 bits per heavy atom. The van der Waals surface area contributed by atoms with E-state index in [-0.39, 0.29) is 0 Å². The highest BCUT2D eigenvalue weighted by Crippen LogP contribution is 2.34. The maximum absolute atomic E-state index is 5.95. The van der Waals surface area contributed by atoms with Crippen LogP contribution in [0.1, 0.15) is 29.3 Å². The number of hydrogen-bond acceptors (Lipinski definition) is 5. The van der Waals surface area contributed by atoms with Crippen molar-refractivity contribution < 1.29 is 0 Å². The predicted molar refractivity (Wildman–Crippen MR) is 92.0 cm³/mol. The summed E-state index contributed by atoms with van der Waals surface area (Å²) in [7, 11) is 1.97. The summed E-state index contributed by atoms with van der Waals surface area (Å²) >= 11 is 1.65. The smallest absolute Gasteiger partial charge is 0.172 e. The fourth-order valence-corrected chi connectivity index (χ4v) is 3.71. The molecule has 1 aliphatic heterocycles. The van der Waals surface area contributed by atoms with Gasteiger partial charge in [0.25, 0.3) is 0 Å². The number of nitrogens with two attached hydrogens (primary N) is 1. The van der Waals surface area contributed by atoms with Crippen LogP contribution in [0.4, 0.5) is 5.82 Å². The third-order valence-corrected chi connectivity index (χ3v) is 5.13. The first kappa shape index (κ1) is 15.0. The van der Waals surface area contributed by atoms with Crippen LogP contribution >= 0.6 is 11.8 Å². The summed E-state index contributed by atoms with van der Waals surface area (Å²) in [6.07, 6.45) is 1.04. The lowest BCUT2D eigenvalue weighted by Gasteiger charge is -2.19. The van der Waals surface area contributed by atoms with Crippen LogP contribution in [0, 0.1) is 13.8 Å². The van der Waals surface area contributed by atoms with Gasteiger partial charge in [-0.15, -0.1) is 0 Å². The number of rotatable bonds is 3. The van der Waals surface area contributed by atoms with E-state index in [1.54, 1.807) is 11.8 Å². The van der Waals surface area contributed by atoms with Crippen molar-refractivity contribution in [1.29, 1.82) is 0 Å². The Balaban J connectivity index is 1.95. The molecule has 0 spiro atoms. The van der Waals surface area contributed by atoms with E-state index in [0.717, 1.165) is 23.1 Å². The third-order valence-electron chi connectivity index (χ3n) is 4.08. The van der Waals surface area contributed by atoms with Crippen LogP contribution < -0.4 is 10.6 Å². The van der Waals surface area contributed by atoms with E-state index in [1.165, 1.54) is 21.6 Å². The third kappa shape index (κ3) is 2.47. The number of aromatic nitrogens is 2. The van der Waals surface area contributed by atoms with Gasteiger partial charge in [-0.1, -0.05) is 24.8 Å². The molecule has 2 heterocycles. The molecule has 0 saturated heterocycles. The maximum atomic E-state index is 5.95. The van der Waals surface area contributed by atoms with Crippen molar-refractivity contribution in [2.45, 2.75) is 37.2 Å². The molecular formula is C16H21N5S. The van der Waals surface area contributed by atoms with E-state index >= 15 is 0 Å². The summed E-state index contributed by atoms with van der Waals surface area (Å²) in [4.78, 5) is 15.5. The van der Waals surface area contributed by atoms with Crippen LogP contribution in [0.15, 0.2) is 27.2 Å². The van der Waals surface area contributed by atoms with Gasteiger partial charge in [-0.05, 0) is 43.0 Å². The molecule has 5 nitrogen and oxygen atoms in total. The molecule has 6 heteroatoms. The molecule has 2 aromatic rings. The predicted octanol–water partition coefficient (Wildman–Crippen LogP) is 2.85. The number of nitrogens with one attached hydrogen (secondary N) is 1. The van der Waals surface area contributed by atoms with Gasteiger partial charge in [0.2, 0.25) is 0 Å². The minimum atomic E-state index is 0.530. The highest BCUT2D eigenvalue weighted by Gasteiger charge is 2.21. The van der Waals surface area contributed by atoms with Crippen LogP contribution in [0.25, 0.3) is 0 Å². The van der Waals surface area contributed by atoms with Gasteiger partial charge in [0.15, 0.2) is 11.0 Å². The Labute approximate surface area is 135 Å². The summed E-state index contributed by atoms with van der Waals surface area (Å²) in [6, 6.07) is 4.34. The first-order valence-corrected chi connectivity index (χ1v) is 8.21. The van der Waals surface area contributed by atoms with Gasteiger partial charge in [-0.25, -0.2) is 9.98 Å². The van der Waals surface area contributed by atoms with E-state index in [2.05, 4.69) is 47.9 Å². The Hall–Kier alpha value is -1.95. The quantitative estimate of drug-likeness (QED) is 0.914. The lowest BCUT2D eigenvalue weighted by atomic mass is 10.0. The summed E-state index contributed by atoms with van der Waals surface area (Å²) in [6.45, 7) is 7.09. The summed E-state index contributed by atoms with van der Waals surface area (Å²) in [5, 5.41) is 0.853. The average molecular weight is 315 g/mol. The fourth-order valence-electron chi connectivity index (χ4n) is 2.80. The monoisotopic (exact) mass is 315 g/mol. The molecule has 0 unspecified atom stereocenters. The molecule has 0 radical (unpaired) electrons. The number of amidine groups is 1. The second-order valence-corrected chi connectivity index (χ2v) is 6.59. The highest BCUT2D eigenvalue weighted by molar-refractivity contribution is 7.99. The standard InChI is InChI=1S/C16H21N5S/c1-5-11-9(2)6-7-12(10(11)3)22-16-19-13-14(17)18-8-21(4)15(13)20-16/h6-7H,5,8H2,1-4H3,(H2,17,18)(H,19,20). The van der Waals surface area contributed by atoms with Gasteiger partial charge < -0.3 is 15.6 Å². The number of fused-ring (bicyclic) bond motifs is 1. The molecule has 0 atom stereocenters. The second-order valence-electron chi connectivity index (χ2n) is 5.56. The molecule has 1 aromatic carbocycles. The first-order valence-electron chi connectivity index (χ1n) is 7.39. The van der Waals surface area contributed by atoms with E-state index in [4.69, 9.17) is 5.73 Å². The van der Waals surface area contributed by atoms with Crippen LogP contribution in [0.2, 0.25) is 0 Å². The van der Waals surface area contributed by atoms with Crippen molar-refractivity contribution in [2.24, 2.45) is 10.7 Å². The Morgan fingerprint density at radius 2 is 2.14 bits per heavy atom. The largest absolute Gasteiger partial charge is 0.382 e. The zero-order valence-corrected chi connectivity index (χ0v) is 14.2. The Kier molecular flexibility index (Phi) is 3.87. The molecule has 22 heavy (non-hydrogen) atoms. The lowest BCUT2D eigenvalue weighted by Crippen LogP contribution is -2.29. The molecule has 116 valence electrons. The molecule has 0 saturated carbocycles. The molecular weight excluding hydrogens is 294 g/mol. The van der Waals surface area contributed by atoms with Crippen molar-refractivity contribution >= 4 is 23.4 Å². The second kappa shape index (κ2) is 5.68. The molecule has 3 N–H and O–H groups in total. The minimum absolute atomic E-state index is 0.530. The topological polar surface area (TPSA) is 70.3 Å². The number of benzene rings is 1. The average Bonchev–Trinajstić information content (AvgIpc) is 2.92. The summed E-state index contributed by atoms with van der Waals surface area (Å²) in [5.74, 6) is 1.40. The first-order chi connectivity index (χ1) is 10.5. The molecule has 0 bridgehead atoms. The zero-order valence-electron chi connectivity index (χ0n) is 13.4. The summed E-state index contributed by atoms with van der Waals surface area (Å²) < 4.78 is 0. The fraction of sp³-hybridized carbons (Fsp3) is 0.375. The molecule has 0 fully saturated rings. The van der Waals surface area contributed by atoms with Gasteiger partial charge in [-0.2, -0.15) is 0 Å². The minimum Gasteiger partial charge on any atom is -0.382 e. The number of aromatic amines is 1. The highest BCUT2D eigenvalue weighted by atomic mass is 32.2. The van der Waals surface area contributed by atoms with Crippen LogP contribution in [-0.4, -0.2) is 29.5 Å². The number of anilines is 1. The van der Waals surface area contributed by atoms with E-state index < -0.39 is 0 Å². The summed E-state index contributed by atoms with van der Waals surface area (Å²) in [5.41, 5.74) is 10.9. The van der Waals surface area contributed by atoms with E-state index in [0.29, 0.717) is 12.5 Å². The number of hydrogen-bond donors (Lipinski definition) is 2. The van der Waals surface area contributed by atoms with Gasteiger partial charge in [-0.3, -0.25) is 0 Å². The van der Waals surface area contributed by atoms with Crippen molar-refractivity contribution in [2.75, 3.05) is 18.6 Å². The Bertz CT molecular complexity index is 747. The molecule has 0 amide bonds. The maximum Gasteiger partial charge on any atom is 0.172 e. The van der Waals surface area contributed by atoms with Crippen molar-refractivity contribution in [3.63, 3.8) is 0 Å². The number of aliphatic imine (C=N–C) groups is 1. The van der Waals surface area contributed by atoms with Crippen LogP contribution in [-0.2, 0) is 6.42 Å². The van der Waals surface area contributed by atoms with Crippen LogP contribution in [0.3, 0.4) is 0 Å². The van der Waals surface area contributed by atoms with Gasteiger partial charge in [0, 0.05) is 11.9 Å². The molecule has 1 aliphatic rings. The number of nitrogens with zero attached hydrogens (tertiary/aromatic N) is 3. The lowest BCUT2D eigenvalue weighted by molar-refractivity contribution is 0.890. The van der Waals surface area contributed by atoms with Crippen LogP contribution in [0.5, 0.6) is 0 Å². The van der Waals surface area contributed by atoms with Crippen molar-refractivity contribution in [3.05, 3.63) is 34.5 Å². The van der Waals surface area contributed by atoms with Crippen molar-refractivity contribution in [1.82, 2.24) is 9.97 Å². The number of H-pyrrole nitrogens is 1. The Morgan fingerprint density at radius 1 is 1.36 bits per heavy atom. The van der Waals surface area contributed by atoms with Crippen molar-refractivity contribution in [3.8, 4) is 0 Å². The molecule has 3 rings (SSSR count). The molecule has 1 aromatic heterocycles. The van der Waals surface area contributed by atoms with Gasteiger partial charge >= 0.3 is 0 Å².